The van der Waals surface area contributed by atoms with Crippen molar-refractivity contribution in [1.29, 1.82) is 0 Å². The third kappa shape index (κ3) is 8.49. The van der Waals surface area contributed by atoms with Gasteiger partial charge in [0.1, 0.15) is 46.3 Å². The summed E-state index contributed by atoms with van der Waals surface area (Å²) in [7, 11) is 1.50. The highest BCUT2D eigenvalue weighted by molar-refractivity contribution is 14.1. The maximum atomic E-state index is 15.2. The van der Waals surface area contributed by atoms with Crippen molar-refractivity contribution in [3.8, 4) is 5.69 Å². The average molecular weight is 1020 g/mol. The zero-order valence-electron chi connectivity index (χ0n) is 38.1. The fourth-order valence-corrected chi connectivity index (χ4v) is 9.33. The molecule has 1 saturated carbocycles. The number of aromatic nitrogens is 6. The number of pyridine rings is 1. The maximum Gasteiger partial charge on any atom is 0.336 e. The van der Waals surface area contributed by atoms with Crippen LogP contribution < -0.4 is 37.7 Å². The molecule has 6 heterocycles. The number of nitrogens with one attached hydrogen (secondary N) is 4. The van der Waals surface area contributed by atoms with Gasteiger partial charge in [-0.25, -0.2) is 19.2 Å². The van der Waals surface area contributed by atoms with Crippen LogP contribution in [0.3, 0.4) is 0 Å². The van der Waals surface area contributed by atoms with Crippen LogP contribution in [0, 0.1) is 16.3 Å². The smallest absolute Gasteiger partial charge is 0.336 e. The number of ketones is 2. The monoisotopic (exact) mass is 1020 g/mol. The number of hydrogen-bond donors (Lipinski definition) is 4. The van der Waals surface area contributed by atoms with Gasteiger partial charge in [0, 0.05) is 53.2 Å². The van der Waals surface area contributed by atoms with Crippen molar-refractivity contribution >= 4 is 79.1 Å². The Hall–Kier alpha value is -6.41. The molecule has 5 aromatic heterocycles. The summed E-state index contributed by atoms with van der Waals surface area (Å²) in [5, 5.41) is 10.7. The summed E-state index contributed by atoms with van der Waals surface area (Å²) in [6.07, 6.45) is 6.40. The third-order valence-electron chi connectivity index (χ3n) is 13.4. The number of piperidine rings is 1. The number of rotatable bonds is 15. The second-order valence-electron chi connectivity index (χ2n) is 18.6. The Morgan fingerprint density at radius 3 is 2.28 bits per heavy atom. The lowest BCUT2D eigenvalue weighted by Crippen LogP contribution is -2.46. The van der Waals surface area contributed by atoms with Crippen LogP contribution in [0.2, 0.25) is 0 Å². The molecule has 16 nitrogen and oxygen atoms in total. The fraction of sp³-hybridized carbons (Fsp3) is 0.367. The van der Waals surface area contributed by atoms with E-state index in [4.69, 9.17) is 4.42 Å². The van der Waals surface area contributed by atoms with Gasteiger partial charge in [0.15, 0.2) is 11.6 Å². The van der Waals surface area contributed by atoms with Crippen LogP contribution in [0.4, 0.5) is 27.4 Å². The second-order valence-corrected chi connectivity index (χ2v) is 19.8. The summed E-state index contributed by atoms with van der Waals surface area (Å²) < 4.78 is 26.0. The van der Waals surface area contributed by atoms with Gasteiger partial charge in [-0.3, -0.25) is 32.9 Å². The molecule has 0 unspecified atom stereocenters. The summed E-state index contributed by atoms with van der Waals surface area (Å²) in [5.74, 6) is 1.03. The predicted octanol–water partition coefficient (Wildman–Crippen LogP) is 6.91. The van der Waals surface area contributed by atoms with Crippen LogP contribution in [0.25, 0.3) is 27.6 Å². The molecular weight excluding hydrogens is 971 g/mol. The fourth-order valence-electron chi connectivity index (χ4n) is 8.88. The number of aromatic amines is 1. The van der Waals surface area contributed by atoms with E-state index in [0.717, 1.165) is 42.8 Å². The van der Waals surface area contributed by atoms with Crippen LogP contribution in [0.1, 0.15) is 76.5 Å². The maximum absolute atomic E-state index is 15.2. The Balaban J connectivity index is 0.900. The Labute approximate surface area is 398 Å². The van der Waals surface area contributed by atoms with Crippen LogP contribution >= 0.6 is 22.6 Å². The van der Waals surface area contributed by atoms with Crippen molar-refractivity contribution in [1.82, 2.24) is 34.0 Å². The number of anilines is 4. The molecule has 67 heavy (non-hydrogen) atoms. The van der Waals surface area contributed by atoms with E-state index in [1.54, 1.807) is 69.6 Å². The topological polar surface area (TPSA) is 194 Å². The number of aryl methyl sites for hydroxylation is 1. The molecule has 2 aromatic carbocycles. The van der Waals surface area contributed by atoms with Crippen LogP contribution in [-0.2, 0) is 27.5 Å². The Morgan fingerprint density at radius 1 is 0.896 bits per heavy atom. The van der Waals surface area contributed by atoms with Gasteiger partial charge in [0.25, 0.3) is 11.1 Å². The van der Waals surface area contributed by atoms with Crippen LogP contribution in [-0.4, -0.2) is 72.4 Å². The van der Waals surface area contributed by atoms with Gasteiger partial charge < -0.3 is 30.3 Å². The molecule has 348 valence electrons. The number of carbonyl (C=O) groups excluding carboxylic acids is 2. The SMILES string of the molecule is Cc1c(=O)n(C)c(Nc2ccc(I)cc2F)c2c(=O)n(C3CC3)c(=O)n(-c3cccc(NCC(=O)C(C)(C)c4ccc(C(C)(C)C(=O)CNC5CCN(c6ncnc7[nH]ccc67)CC5)o4)c3)c12. The van der Waals surface area contributed by atoms with Crippen molar-refractivity contribution in [3.05, 3.63) is 131 Å². The van der Waals surface area contributed by atoms with Crippen LogP contribution in [0.5, 0.6) is 0 Å². The first-order valence-electron chi connectivity index (χ1n) is 22.4. The molecule has 2 aliphatic rings. The lowest BCUT2D eigenvalue weighted by molar-refractivity contribution is -0.123. The van der Waals surface area contributed by atoms with Gasteiger partial charge in [-0.15, -0.1) is 0 Å². The number of H-pyrrole nitrogens is 1. The van der Waals surface area contributed by atoms with Crippen molar-refractivity contribution in [3.63, 3.8) is 0 Å². The molecular formula is C49H52FIN10O6. The molecule has 18 heteroatoms. The third-order valence-corrected chi connectivity index (χ3v) is 14.1. The minimum atomic E-state index is -1.09. The van der Waals surface area contributed by atoms with Crippen molar-refractivity contribution in [2.45, 2.75) is 83.2 Å². The lowest BCUT2D eigenvalue weighted by Gasteiger charge is -2.34. The van der Waals surface area contributed by atoms with Gasteiger partial charge in [-0.05, 0) is 137 Å². The summed E-state index contributed by atoms with van der Waals surface area (Å²) in [5.41, 5.74) is -1.74. The summed E-state index contributed by atoms with van der Waals surface area (Å²) in [6.45, 7) is 10.4. The number of fused-ring (bicyclic) bond motifs is 2. The van der Waals surface area contributed by atoms with E-state index in [0.29, 0.717) is 39.3 Å². The van der Waals surface area contributed by atoms with Crippen LogP contribution in [0.15, 0.2) is 92.0 Å². The van der Waals surface area contributed by atoms with E-state index in [1.165, 1.54) is 32.9 Å². The first-order chi connectivity index (χ1) is 31.9. The van der Waals surface area contributed by atoms with Crippen molar-refractivity contribution < 1.29 is 18.4 Å². The zero-order chi connectivity index (χ0) is 47.5. The zero-order valence-corrected chi connectivity index (χ0v) is 40.3. The normalized spacial score (nSPS) is 14.8. The first kappa shape index (κ1) is 45.7. The molecule has 0 spiro atoms. The quantitative estimate of drug-likeness (QED) is 0.0777. The lowest BCUT2D eigenvalue weighted by atomic mass is 9.85. The molecule has 0 amide bonds. The molecule has 0 atom stereocenters. The number of carbonyl (C=O) groups is 2. The van der Waals surface area contributed by atoms with Gasteiger partial charge in [-0.2, -0.15) is 0 Å². The number of benzene rings is 2. The van der Waals surface area contributed by atoms with Gasteiger partial charge >= 0.3 is 5.69 Å². The first-order valence-corrected chi connectivity index (χ1v) is 23.4. The molecule has 1 aliphatic heterocycles. The van der Waals surface area contributed by atoms with Crippen molar-refractivity contribution in [2.75, 3.05) is 41.7 Å². The van der Waals surface area contributed by atoms with E-state index >= 15 is 4.39 Å². The standard InChI is InChI=1S/C49H52FIN10O6/c1-27-41-40(44(58(6)45(27)64)57-35-13-10-28(51)22-34(35)50)46(65)61(31-11-12-31)47(66)60(41)32-9-7-8-30(23-32)54-25-37(63)49(4,5)39-15-14-38(67-39)48(2,3)36(62)24-53-29-17-20-59(21-18-29)43-33-16-19-52-42(33)55-26-56-43/h7-10,13-16,19,22-23,26,29,31,53-54,57H,11-12,17-18,20-21,24-25H2,1-6H3,(H,52,55,56). The van der Waals surface area contributed by atoms with E-state index < -0.39 is 33.5 Å². The summed E-state index contributed by atoms with van der Waals surface area (Å²) in [4.78, 5) is 84.4. The predicted molar refractivity (Wildman–Crippen MR) is 265 cm³/mol. The highest BCUT2D eigenvalue weighted by atomic mass is 127. The highest BCUT2D eigenvalue weighted by Gasteiger charge is 2.38. The molecule has 1 saturated heterocycles. The molecule has 0 radical (unpaired) electrons. The molecule has 7 aromatic rings. The summed E-state index contributed by atoms with van der Waals surface area (Å²) in [6, 6.07) is 16.7. The molecule has 1 aliphatic carbocycles. The van der Waals surface area contributed by atoms with E-state index in [9.17, 15) is 24.0 Å². The second kappa shape index (κ2) is 17.7. The van der Waals surface area contributed by atoms with Gasteiger partial charge in [0.2, 0.25) is 0 Å². The summed E-state index contributed by atoms with van der Waals surface area (Å²) >= 11 is 2.00. The minimum absolute atomic E-state index is 0.0336. The van der Waals surface area contributed by atoms with E-state index in [-0.39, 0.29) is 64.7 Å². The molecule has 4 N–H and O–H groups in total. The number of halogens is 2. The van der Waals surface area contributed by atoms with Gasteiger partial charge in [0.05, 0.1) is 46.2 Å². The van der Waals surface area contributed by atoms with E-state index in [1.807, 2.05) is 48.7 Å². The minimum Gasteiger partial charge on any atom is -0.464 e. The molecule has 9 rings (SSSR count). The largest absolute Gasteiger partial charge is 0.464 e. The van der Waals surface area contributed by atoms with Gasteiger partial charge in [-0.1, -0.05) is 6.07 Å². The number of furan rings is 1. The Morgan fingerprint density at radius 2 is 1.60 bits per heavy atom. The number of Topliss-reactive ketones (excluding diaryl/α,β-unsaturated/α-hetero) is 2. The Kier molecular flexibility index (Phi) is 12.1. The highest BCUT2D eigenvalue weighted by Crippen LogP contribution is 2.36. The molecule has 2 fully saturated rings. The van der Waals surface area contributed by atoms with Crippen molar-refractivity contribution in [2.24, 2.45) is 7.05 Å². The number of nitrogens with zero attached hydrogens (tertiary/aromatic N) is 6. The molecule has 0 bridgehead atoms. The number of hydrogen-bond acceptors (Lipinski definition) is 12. The average Bonchev–Trinajstić information content (AvgIpc) is 3.76. The Bertz CT molecular complexity index is 3280. The van der Waals surface area contributed by atoms with E-state index in [2.05, 4.69) is 35.8 Å².